The van der Waals surface area contributed by atoms with Crippen molar-refractivity contribution in [1.82, 2.24) is 4.57 Å². The van der Waals surface area contributed by atoms with Crippen LogP contribution < -0.4 is 0 Å². The van der Waals surface area contributed by atoms with E-state index in [0.29, 0.717) is 0 Å². The molecular weight excluding hydrogens is 214 g/mol. The van der Waals surface area contributed by atoms with Crippen LogP contribution in [0.25, 0.3) is 6.08 Å². The number of hydrogen-bond acceptors (Lipinski definition) is 0. The van der Waals surface area contributed by atoms with Crippen LogP contribution in [-0.4, -0.2) is 10.4 Å². The number of rotatable bonds is 1. The van der Waals surface area contributed by atoms with Gasteiger partial charge in [-0.15, -0.1) is 0 Å². The van der Waals surface area contributed by atoms with Crippen LogP contribution in [-0.2, 0) is 7.05 Å². The largest absolute Gasteiger partial charge is 0.351 e. The molecule has 1 nitrogen and oxygen atoms in total. The normalized spacial score (nSPS) is 9.75. The second kappa shape index (κ2) is 6.06. The lowest BCUT2D eigenvalue weighted by molar-refractivity contribution is 0.911. The van der Waals surface area contributed by atoms with Crippen molar-refractivity contribution in [2.45, 2.75) is 13.8 Å². The van der Waals surface area contributed by atoms with E-state index in [1.807, 2.05) is 12.8 Å². The fourth-order valence-corrected chi connectivity index (χ4v) is 1.07. The van der Waals surface area contributed by atoms with Gasteiger partial charge in [0.1, 0.15) is 0 Å². The van der Waals surface area contributed by atoms with E-state index in [4.69, 9.17) is 0 Å². The molecular formula is C10H16BrN. The maximum Gasteiger partial charge on any atom is 0.0430 e. The number of aryl methyl sites for hydroxylation is 2. The van der Waals surface area contributed by atoms with E-state index in [2.05, 4.69) is 58.9 Å². The fraction of sp³-hybridized carbons (Fsp3) is 0.400. The third kappa shape index (κ3) is 2.86. The molecule has 12 heavy (non-hydrogen) atoms. The molecule has 1 aromatic heterocycles. The number of allylic oxidation sites excluding steroid dienone is 1. The first-order chi connectivity index (χ1) is 5.75. The summed E-state index contributed by atoms with van der Waals surface area (Å²) in [5, 5.41) is 0. The minimum atomic E-state index is 1.29. The Morgan fingerprint density at radius 3 is 2.33 bits per heavy atom. The van der Waals surface area contributed by atoms with Gasteiger partial charge in [-0.25, -0.2) is 0 Å². The summed E-state index contributed by atoms with van der Waals surface area (Å²) < 4.78 is 2.12. The van der Waals surface area contributed by atoms with Gasteiger partial charge in [0.05, 0.1) is 0 Å². The van der Waals surface area contributed by atoms with E-state index in [-0.39, 0.29) is 0 Å². The van der Waals surface area contributed by atoms with Crippen LogP contribution in [0, 0.1) is 6.92 Å². The van der Waals surface area contributed by atoms with Crippen LogP contribution in [0.1, 0.15) is 18.2 Å². The number of nitrogens with zero attached hydrogens (tertiary/aromatic N) is 1. The molecule has 1 rings (SSSR count). The van der Waals surface area contributed by atoms with Crippen molar-refractivity contribution in [3.63, 3.8) is 0 Å². The maximum atomic E-state index is 2.94. The minimum absolute atomic E-state index is 1.29. The van der Waals surface area contributed by atoms with Gasteiger partial charge in [0.25, 0.3) is 0 Å². The zero-order valence-corrected chi connectivity index (χ0v) is 9.72. The average Bonchev–Trinajstić information content (AvgIpc) is 2.40. The Hall–Kier alpha value is -0.500. The van der Waals surface area contributed by atoms with Gasteiger partial charge in [0.15, 0.2) is 0 Å². The van der Waals surface area contributed by atoms with Gasteiger partial charge >= 0.3 is 0 Å². The standard InChI is InChI=1S/C9H13N.CH3Br/c1-4-5-9-8(2)6-7-10(9)3;1-2/h4-7H,1-3H3;1H3/b5-4-;. The van der Waals surface area contributed by atoms with Crippen molar-refractivity contribution in [2.75, 3.05) is 5.83 Å². The van der Waals surface area contributed by atoms with Gasteiger partial charge in [-0.3, -0.25) is 0 Å². The van der Waals surface area contributed by atoms with Gasteiger partial charge in [-0.2, -0.15) is 0 Å². The zero-order chi connectivity index (χ0) is 9.56. The molecule has 2 heteroatoms. The van der Waals surface area contributed by atoms with Crippen LogP contribution in [0.2, 0.25) is 0 Å². The van der Waals surface area contributed by atoms with Crippen LogP contribution >= 0.6 is 15.9 Å². The molecule has 0 bridgehead atoms. The summed E-state index contributed by atoms with van der Waals surface area (Å²) in [6.07, 6.45) is 6.25. The first-order valence-electron chi connectivity index (χ1n) is 3.88. The molecule has 0 unspecified atom stereocenters. The molecule has 1 heterocycles. The van der Waals surface area contributed by atoms with Gasteiger partial charge in [0, 0.05) is 18.9 Å². The molecule has 0 aromatic carbocycles. The Morgan fingerprint density at radius 1 is 1.42 bits per heavy atom. The van der Waals surface area contributed by atoms with Crippen molar-refractivity contribution in [1.29, 1.82) is 0 Å². The molecule has 0 atom stereocenters. The monoisotopic (exact) mass is 229 g/mol. The molecule has 0 aliphatic carbocycles. The van der Waals surface area contributed by atoms with E-state index < -0.39 is 0 Å². The highest BCUT2D eigenvalue weighted by molar-refractivity contribution is 9.08. The van der Waals surface area contributed by atoms with Gasteiger partial charge < -0.3 is 4.57 Å². The number of aromatic nitrogens is 1. The Balaban J connectivity index is 0.000000561. The average molecular weight is 230 g/mol. The van der Waals surface area contributed by atoms with E-state index >= 15 is 0 Å². The highest BCUT2D eigenvalue weighted by Gasteiger charge is 1.95. The van der Waals surface area contributed by atoms with Gasteiger partial charge in [0.2, 0.25) is 0 Å². The Kier molecular flexibility index (Phi) is 5.81. The first-order valence-corrected chi connectivity index (χ1v) is 5.46. The summed E-state index contributed by atoms with van der Waals surface area (Å²) in [5.41, 5.74) is 2.63. The smallest absolute Gasteiger partial charge is 0.0430 e. The van der Waals surface area contributed by atoms with E-state index in [1.165, 1.54) is 11.3 Å². The molecule has 0 saturated heterocycles. The van der Waals surface area contributed by atoms with Crippen molar-refractivity contribution in [3.05, 3.63) is 29.6 Å². The maximum absolute atomic E-state index is 2.94. The zero-order valence-electron chi connectivity index (χ0n) is 8.13. The topological polar surface area (TPSA) is 4.93 Å². The molecule has 0 fully saturated rings. The van der Waals surface area contributed by atoms with E-state index in [1.54, 1.807) is 0 Å². The molecule has 68 valence electrons. The lowest BCUT2D eigenvalue weighted by Gasteiger charge is -1.96. The van der Waals surface area contributed by atoms with E-state index in [9.17, 15) is 0 Å². The molecule has 0 aliphatic rings. The lowest BCUT2D eigenvalue weighted by Crippen LogP contribution is -1.88. The van der Waals surface area contributed by atoms with Crippen LogP contribution in [0.4, 0.5) is 0 Å². The summed E-state index contributed by atoms with van der Waals surface area (Å²) in [4.78, 5) is 0. The summed E-state index contributed by atoms with van der Waals surface area (Å²) in [6, 6.07) is 2.12. The summed E-state index contributed by atoms with van der Waals surface area (Å²) >= 11 is 2.94. The fourth-order valence-electron chi connectivity index (χ4n) is 1.07. The molecule has 1 aromatic rings. The van der Waals surface area contributed by atoms with Gasteiger partial charge in [-0.05, 0) is 37.4 Å². The Labute approximate surface area is 83.2 Å². The highest BCUT2D eigenvalue weighted by atomic mass is 79.9. The lowest BCUT2D eigenvalue weighted by atomic mass is 10.2. The van der Waals surface area contributed by atoms with Crippen molar-refractivity contribution >= 4 is 22.0 Å². The second-order valence-electron chi connectivity index (χ2n) is 2.49. The molecule has 0 N–H and O–H groups in total. The third-order valence-corrected chi connectivity index (χ3v) is 1.66. The van der Waals surface area contributed by atoms with Crippen LogP contribution in [0.3, 0.4) is 0 Å². The first kappa shape index (κ1) is 11.5. The van der Waals surface area contributed by atoms with E-state index in [0.717, 1.165) is 0 Å². The minimum Gasteiger partial charge on any atom is -0.351 e. The van der Waals surface area contributed by atoms with Crippen molar-refractivity contribution in [2.24, 2.45) is 7.05 Å². The third-order valence-electron chi connectivity index (χ3n) is 1.66. The molecule has 0 saturated carbocycles. The highest BCUT2D eigenvalue weighted by Crippen LogP contribution is 2.09. The Bertz CT molecular complexity index is 229. The summed E-state index contributed by atoms with van der Waals surface area (Å²) in [5.74, 6) is 1.81. The molecule has 0 spiro atoms. The van der Waals surface area contributed by atoms with Crippen molar-refractivity contribution in [3.8, 4) is 0 Å². The molecule has 0 radical (unpaired) electrons. The predicted octanol–water partition coefficient (Wildman–Crippen LogP) is 3.38. The summed E-state index contributed by atoms with van der Waals surface area (Å²) in [6.45, 7) is 4.15. The molecule has 0 aliphatic heterocycles. The number of hydrogen-bond donors (Lipinski definition) is 0. The predicted molar refractivity (Wildman–Crippen MR) is 59.7 cm³/mol. The quantitative estimate of drug-likeness (QED) is 0.652. The van der Waals surface area contributed by atoms with Gasteiger partial charge in [-0.1, -0.05) is 22.0 Å². The SMILES string of the molecule is C/C=C\c1c(C)ccn1C.CBr. The Morgan fingerprint density at radius 2 is 2.00 bits per heavy atom. The van der Waals surface area contributed by atoms with Crippen LogP contribution in [0.5, 0.6) is 0 Å². The molecule has 0 amide bonds. The summed E-state index contributed by atoms with van der Waals surface area (Å²) in [7, 11) is 2.06. The number of halogens is 1. The van der Waals surface area contributed by atoms with Crippen LogP contribution in [0.15, 0.2) is 18.3 Å². The number of alkyl halides is 1. The van der Waals surface area contributed by atoms with Crippen molar-refractivity contribution < 1.29 is 0 Å². The second-order valence-corrected chi connectivity index (χ2v) is 2.49.